The van der Waals surface area contributed by atoms with Gasteiger partial charge in [0.2, 0.25) is 0 Å². The summed E-state index contributed by atoms with van der Waals surface area (Å²) in [5, 5.41) is 16.5. The molecule has 6 heteroatoms. The Morgan fingerprint density at radius 3 is 2.61 bits per heavy atom. The number of rotatable bonds is 5. The lowest BCUT2D eigenvalue weighted by atomic mass is 10.1. The molecule has 0 atom stereocenters. The number of anilines is 2. The molecule has 0 radical (unpaired) electrons. The van der Waals surface area contributed by atoms with Gasteiger partial charge in [-0.15, -0.1) is 11.3 Å². The summed E-state index contributed by atoms with van der Waals surface area (Å²) < 4.78 is 0. The number of nitrogens with one attached hydrogen (secondary N) is 1. The monoisotopic (exact) mass is 389 g/mol. The van der Waals surface area contributed by atoms with Crippen molar-refractivity contribution < 1.29 is 9.90 Å². The molecular weight excluding hydrogens is 370 g/mol. The average Bonchev–Trinajstić information content (AvgIpc) is 3.22. The van der Waals surface area contributed by atoms with Crippen LogP contribution in [0.1, 0.15) is 28.5 Å². The Morgan fingerprint density at radius 1 is 1.11 bits per heavy atom. The van der Waals surface area contributed by atoms with Crippen LogP contribution in [-0.4, -0.2) is 21.0 Å². The van der Waals surface area contributed by atoms with Crippen molar-refractivity contribution >= 4 is 39.6 Å². The van der Waals surface area contributed by atoms with E-state index in [9.17, 15) is 4.79 Å². The minimum atomic E-state index is -0.922. The van der Waals surface area contributed by atoms with Gasteiger partial charge in [0, 0.05) is 16.9 Å². The van der Waals surface area contributed by atoms with Gasteiger partial charge in [0.15, 0.2) is 5.82 Å². The first-order valence-electron chi connectivity index (χ1n) is 9.00. The van der Waals surface area contributed by atoms with Gasteiger partial charge in [-0.1, -0.05) is 25.1 Å². The van der Waals surface area contributed by atoms with E-state index in [1.54, 1.807) is 23.5 Å². The van der Waals surface area contributed by atoms with Crippen LogP contribution in [0.15, 0.2) is 53.9 Å². The molecule has 140 valence electrons. The topological polar surface area (TPSA) is 75.1 Å². The summed E-state index contributed by atoms with van der Waals surface area (Å²) >= 11 is 1.62. The molecule has 0 fully saturated rings. The minimum absolute atomic E-state index is 0.286. The maximum absolute atomic E-state index is 11.2. The maximum atomic E-state index is 11.2. The molecule has 0 spiro atoms. The van der Waals surface area contributed by atoms with E-state index in [1.165, 1.54) is 0 Å². The number of nitrogens with zero attached hydrogens (tertiary/aromatic N) is 2. The Labute approximate surface area is 166 Å². The van der Waals surface area contributed by atoms with E-state index >= 15 is 0 Å². The van der Waals surface area contributed by atoms with E-state index < -0.39 is 5.97 Å². The third-order valence-electron chi connectivity index (χ3n) is 4.66. The molecule has 2 aromatic carbocycles. The van der Waals surface area contributed by atoms with E-state index in [0.717, 1.165) is 50.7 Å². The summed E-state index contributed by atoms with van der Waals surface area (Å²) in [6.45, 7) is 4.10. The zero-order chi connectivity index (χ0) is 19.7. The van der Waals surface area contributed by atoms with Crippen molar-refractivity contribution in [1.29, 1.82) is 0 Å². The smallest absolute Gasteiger partial charge is 0.335 e. The van der Waals surface area contributed by atoms with Gasteiger partial charge >= 0.3 is 5.97 Å². The van der Waals surface area contributed by atoms with Gasteiger partial charge in [0.25, 0.3) is 0 Å². The summed E-state index contributed by atoms with van der Waals surface area (Å²) in [5.74, 6) is 0.605. The Morgan fingerprint density at radius 2 is 1.89 bits per heavy atom. The maximum Gasteiger partial charge on any atom is 0.335 e. The molecule has 0 amide bonds. The van der Waals surface area contributed by atoms with Gasteiger partial charge in [-0.2, -0.15) is 0 Å². The lowest BCUT2D eigenvalue weighted by molar-refractivity contribution is 0.0697. The van der Waals surface area contributed by atoms with Crippen molar-refractivity contribution in [2.45, 2.75) is 20.3 Å². The highest BCUT2D eigenvalue weighted by Gasteiger charge is 2.13. The molecule has 0 saturated carbocycles. The minimum Gasteiger partial charge on any atom is -0.478 e. The van der Waals surface area contributed by atoms with E-state index in [-0.39, 0.29) is 5.56 Å². The number of aromatic carboxylic acids is 1. The number of carbonyl (C=O) groups is 1. The first-order chi connectivity index (χ1) is 13.5. The van der Waals surface area contributed by atoms with Crippen LogP contribution in [0.3, 0.4) is 0 Å². The molecule has 0 aliphatic heterocycles. The zero-order valence-electron chi connectivity index (χ0n) is 15.6. The highest BCUT2D eigenvalue weighted by Crippen LogP contribution is 2.29. The summed E-state index contributed by atoms with van der Waals surface area (Å²) in [5.41, 5.74) is 3.24. The molecule has 2 heterocycles. The second kappa shape index (κ2) is 7.40. The first-order valence-corrected chi connectivity index (χ1v) is 9.88. The largest absolute Gasteiger partial charge is 0.478 e. The average molecular weight is 389 g/mol. The van der Waals surface area contributed by atoms with Gasteiger partial charge in [-0.25, -0.2) is 14.8 Å². The SMILES string of the molecule is CCc1c(C)nc(-c2cccs2)nc1Nc1ccc2cc(C(=O)O)ccc2c1. The third-order valence-corrected chi connectivity index (χ3v) is 5.52. The van der Waals surface area contributed by atoms with E-state index in [2.05, 4.69) is 17.2 Å². The number of thiophene rings is 1. The van der Waals surface area contributed by atoms with Gasteiger partial charge in [0.1, 0.15) is 5.82 Å². The number of aromatic nitrogens is 2. The Kier molecular flexibility index (Phi) is 4.79. The van der Waals surface area contributed by atoms with Crippen molar-refractivity contribution in [1.82, 2.24) is 9.97 Å². The zero-order valence-corrected chi connectivity index (χ0v) is 16.4. The first kappa shape index (κ1) is 18.1. The Bertz CT molecular complexity index is 1170. The second-order valence-electron chi connectivity index (χ2n) is 6.50. The van der Waals surface area contributed by atoms with Crippen LogP contribution in [0.25, 0.3) is 21.5 Å². The van der Waals surface area contributed by atoms with Crippen LogP contribution in [0.5, 0.6) is 0 Å². The molecule has 0 aliphatic carbocycles. The summed E-state index contributed by atoms with van der Waals surface area (Å²) in [4.78, 5) is 21.6. The molecule has 0 aliphatic rings. The van der Waals surface area contributed by atoms with Crippen LogP contribution in [0.4, 0.5) is 11.5 Å². The molecular formula is C22H19N3O2S. The molecule has 28 heavy (non-hydrogen) atoms. The standard InChI is InChI=1S/C22H19N3O2S/c1-3-18-13(2)23-21(19-5-4-10-28-19)25-20(18)24-17-9-8-14-11-16(22(26)27)7-6-15(14)12-17/h4-12H,3H2,1-2H3,(H,26,27)(H,23,24,25). The van der Waals surface area contributed by atoms with Crippen LogP contribution in [0.2, 0.25) is 0 Å². The van der Waals surface area contributed by atoms with Crippen LogP contribution >= 0.6 is 11.3 Å². The molecule has 0 bridgehead atoms. The molecule has 2 aromatic heterocycles. The normalized spacial score (nSPS) is 10.9. The summed E-state index contributed by atoms with van der Waals surface area (Å²) in [6.07, 6.45) is 0.828. The number of hydrogen-bond acceptors (Lipinski definition) is 5. The molecule has 0 saturated heterocycles. The van der Waals surface area contributed by atoms with E-state index in [4.69, 9.17) is 10.1 Å². The lowest BCUT2D eigenvalue weighted by Crippen LogP contribution is -2.05. The number of hydrogen-bond donors (Lipinski definition) is 2. The van der Waals surface area contributed by atoms with E-state index in [0.29, 0.717) is 0 Å². The summed E-state index contributed by atoms with van der Waals surface area (Å²) in [6, 6.07) is 15.0. The third kappa shape index (κ3) is 3.46. The number of aryl methyl sites for hydroxylation is 1. The molecule has 4 aromatic rings. The second-order valence-corrected chi connectivity index (χ2v) is 7.45. The highest BCUT2D eigenvalue weighted by atomic mass is 32.1. The number of fused-ring (bicyclic) bond motifs is 1. The quantitative estimate of drug-likeness (QED) is 0.460. The molecule has 2 N–H and O–H groups in total. The van der Waals surface area contributed by atoms with Gasteiger partial charge in [0.05, 0.1) is 10.4 Å². The molecule has 5 nitrogen and oxygen atoms in total. The predicted molar refractivity (Wildman–Crippen MR) is 114 cm³/mol. The van der Waals surface area contributed by atoms with E-state index in [1.807, 2.05) is 48.7 Å². The lowest BCUT2D eigenvalue weighted by Gasteiger charge is -2.14. The van der Waals surface area contributed by atoms with Gasteiger partial charge < -0.3 is 10.4 Å². The number of benzene rings is 2. The number of carboxylic acids is 1. The molecule has 4 rings (SSSR count). The van der Waals surface area contributed by atoms with Crippen LogP contribution in [-0.2, 0) is 6.42 Å². The highest BCUT2D eigenvalue weighted by molar-refractivity contribution is 7.13. The molecule has 0 unspecified atom stereocenters. The fraction of sp³-hybridized carbons (Fsp3) is 0.136. The van der Waals surface area contributed by atoms with Crippen LogP contribution in [0, 0.1) is 6.92 Å². The van der Waals surface area contributed by atoms with Crippen molar-refractivity contribution in [3.05, 3.63) is 70.7 Å². The van der Waals surface area contributed by atoms with Gasteiger partial charge in [-0.3, -0.25) is 0 Å². The fourth-order valence-electron chi connectivity index (χ4n) is 3.23. The van der Waals surface area contributed by atoms with Gasteiger partial charge in [-0.05, 0) is 59.8 Å². The fourth-order valence-corrected chi connectivity index (χ4v) is 3.89. The number of carboxylic acid groups (broad SMARTS) is 1. The Balaban J connectivity index is 1.73. The van der Waals surface area contributed by atoms with Crippen molar-refractivity contribution in [2.75, 3.05) is 5.32 Å². The van der Waals surface area contributed by atoms with Crippen molar-refractivity contribution in [3.8, 4) is 10.7 Å². The summed E-state index contributed by atoms with van der Waals surface area (Å²) in [7, 11) is 0. The van der Waals surface area contributed by atoms with Crippen molar-refractivity contribution in [2.24, 2.45) is 0 Å². The predicted octanol–water partition coefficient (Wildman–Crippen LogP) is 5.67. The Hall–Kier alpha value is -3.25. The van der Waals surface area contributed by atoms with Crippen LogP contribution < -0.4 is 5.32 Å². The van der Waals surface area contributed by atoms with Crippen molar-refractivity contribution in [3.63, 3.8) is 0 Å².